The number of rotatable bonds is 2. The Morgan fingerprint density at radius 3 is 2.95 bits per heavy atom. The van der Waals surface area contributed by atoms with Gasteiger partial charge < -0.3 is 10.5 Å². The lowest BCUT2D eigenvalue weighted by Crippen LogP contribution is -2.50. The molecular weight excluding hydrogens is 294 g/mol. The number of thiocarbonyl (C=S) groups is 1. The highest BCUT2D eigenvalue weighted by Crippen LogP contribution is 2.39. The number of hydrogen-bond donors (Lipinski definition) is 2. The molecule has 0 aliphatic heterocycles. The predicted molar refractivity (Wildman–Crippen MR) is 92.8 cm³/mol. The van der Waals surface area contributed by atoms with Crippen LogP contribution in [-0.4, -0.2) is 27.9 Å². The van der Waals surface area contributed by atoms with E-state index in [-0.39, 0.29) is 0 Å². The standard InChI is InChI=1S/C17H19N3OS/c1-18-16(22)17(9-5-4-8-15(17)20-21)13-10-12-6-2-3-7-14(12)19-11-13/h2-3,6-7,10-11,21H,4-5,8-9H2,1H3,(H,18,22)/b20-15-. The van der Waals surface area contributed by atoms with E-state index in [9.17, 15) is 5.21 Å². The molecule has 0 spiro atoms. The van der Waals surface area contributed by atoms with Crippen molar-refractivity contribution >= 4 is 33.8 Å². The van der Waals surface area contributed by atoms with E-state index in [4.69, 9.17) is 12.2 Å². The average molecular weight is 313 g/mol. The lowest BCUT2D eigenvalue weighted by atomic mass is 9.68. The van der Waals surface area contributed by atoms with E-state index in [1.165, 1.54) is 0 Å². The van der Waals surface area contributed by atoms with Crippen molar-refractivity contribution in [1.29, 1.82) is 0 Å². The summed E-state index contributed by atoms with van der Waals surface area (Å²) in [6.07, 6.45) is 5.53. The molecule has 0 amide bonds. The summed E-state index contributed by atoms with van der Waals surface area (Å²) >= 11 is 5.60. The van der Waals surface area contributed by atoms with E-state index in [0.717, 1.165) is 47.9 Å². The number of fused-ring (bicyclic) bond motifs is 1. The second kappa shape index (κ2) is 6.01. The van der Waals surface area contributed by atoms with Crippen LogP contribution in [0.2, 0.25) is 0 Å². The molecule has 0 radical (unpaired) electrons. The molecule has 0 bridgehead atoms. The molecule has 5 heteroatoms. The summed E-state index contributed by atoms with van der Waals surface area (Å²) in [6.45, 7) is 0. The van der Waals surface area contributed by atoms with Crippen molar-refractivity contribution in [1.82, 2.24) is 10.3 Å². The van der Waals surface area contributed by atoms with E-state index in [0.29, 0.717) is 4.99 Å². The summed E-state index contributed by atoms with van der Waals surface area (Å²) < 4.78 is 0. The highest BCUT2D eigenvalue weighted by molar-refractivity contribution is 7.80. The maximum atomic E-state index is 9.53. The fourth-order valence-electron chi connectivity index (χ4n) is 3.38. The summed E-state index contributed by atoms with van der Waals surface area (Å²) in [6, 6.07) is 10.1. The van der Waals surface area contributed by atoms with Gasteiger partial charge in [0.25, 0.3) is 0 Å². The van der Waals surface area contributed by atoms with Gasteiger partial charge in [0.2, 0.25) is 0 Å². The van der Waals surface area contributed by atoms with Crippen molar-refractivity contribution in [3.8, 4) is 0 Å². The minimum atomic E-state index is -0.548. The van der Waals surface area contributed by atoms with Gasteiger partial charge in [-0.05, 0) is 37.0 Å². The monoisotopic (exact) mass is 313 g/mol. The molecule has 1 aromatic heterocycles. The molecule has 22 heavy (non-hydrogen) atoms. The fraction of sp³-hybridized carbons (Fsp3) is 0.353. The molecule has 1 atom stereocenters. The first-order chi connectivity index (χ1) is 10.7. The van der Waals surface area contributed by atoms with Gasteiger partial charge in [0.15, 0.2) is 0 Å². The number of nitrogens with one attached hydrogen (secondary N) is 1. The van der Waals surface area contributed by atoms with Gasteiger partial charge in [0, 0.05) is 18.6 Å². The smallest absolute Gasteiger partial charge is 0.0917 e. The van der Waals surface area contributed by atoms with Crippen LogP contribution >= 0.6 is 12.2 Å². The number of pyridine rings is 1. The third kappa shape index (κ3) is 2.25. The molecule has 1 saturated carbocycles. The van der Waals surface area contributed by atoms with Crippen molar-refractivity contribution in [2.75, 3.05) is 7.05 Å². The Hall–Kier alpha value is -2.01. The number of hydrogen-bond acceptors (Lipinski definition) is 4. The number of para-hydroxylation sites is 1. The molecule has 0 saturated heterocycles. The highest BCUT2D eigenvalue weighted by Gasteiger charge is 2.44. The van der Waals surface area contributed by atoms with Crippen molar-refractivity contribution in [3.63, 3.8) is 0 Å². The third-order valence-electron chi connectivity index (χ3n) is 4.53. The second-order valence-corrected chi connectivity index (χ2v) is 6.06. The molecule has 3 rings (SSSR count). The third-order valence-corrected chi connectivity index (χ3v) is 5.08. The van der Waals surface area contributed by atoms with Gasteiger partial charge in [-0.15, -0.1) is 0 Å². The van der Waals surface area contributed by atoms with Gasteiger partial charge in [-0.2, -0.15) is 0 Å². The van der Waals surface area contributed by atoms with E-state index < -0.39 is 5.41 Å². The summed E-state index contributed by atoms with van der Waals surface area (Å²) in [5.74, 6) is 0. The summed E-state index contributed by atoms with van der Waals surface area (Å²) in [5, 5.41) is 17.3. The van der Waals surface area contributed by atoms with Crippen molar-refractivity contribution in [3.05, 3.63) is 42.1 Å². The van der Waals surface area contributed by atoms with E-state index in [1.807, 2.05) is 37.5 Å². The number of oxime groups is 1. The predicted octanol–water partition coefficient (Wildman–Crippen LogP) is 3.42. The van der Waals surface area contributed by atoms with Gasteiger partial charge in [0.1, 0.15) is 0 Å². The van der Waals surface area contributed by atoms with Crippen LogP contribution in [-0.2, 0) is 5.41 Å². The lowest BCUT2D eigenvalue weighted by molar-refractivity contribution is 0.310. The fourth-order valence-corrected chi connectivity index (χ4v) is 3.72. The zero-order valence-electron chi connectivity index (χ0n) is 12.5. The quantitative estimate of drug-likeness (QED) is 0.507. The largest absolute Gasteiger partial charge is 0.411 e. The van der Waals surface area contributed by atoms with Crippen LogP contribution in [0.15, 0.2) is 41.7 Å². The molecule has 1 aliphatic carbocycles. The Morgan fingerprint density at radius 2 is 2.18 bits per heavy atom. The van der Waals surface area contributed by atoms with Crippen LogP contribution in [0.4, 0.5) is 0 Å². The van der Waals surface area contributed by atoms with Crippen LogP contribution in [0.25, 0.3) is 10.9 Å². The molecule has 1 aromatic carbocycles. The first kappa shape index (κ1) is 14.9. The Labute approximate surface area is 135 Å². The minimum absolute atomic E-state index is 0.548. The molecule has 1 aliphatic rings. The zero-order valence-corrected chi connectivity index (χ0v) is 13.4. The van der Waals surface area contributed by atoms with E-state index in [1.54, 1.807) is 0 Å². The first-order valence-corrected chi connectivity index (χ1v) is 7.92. The molecule has 1 heterocycles. The number of benzene rings is 1. The molecule has 2 aromatic rings. The number of nitrogens with zero attached hydrogens (tertiary/aromatic N) is 2. The topological polar surface area (TPSA) is 57.5 Å². The SMILES string of the molecule is CNC(=S)C1(c2cnc3ccccc3c2)CCCC/C1=N/O. The van der Waals surface area contributed by atoms with Gasteiger partial charge in [0.05, 0.1) is 21.6 Å². The number of aromatic nitrogens is 1. The Kier molecular flexibility index (Phi) is 4.07. The summed E-state index contributed by atoms with van der Waals surface area (Å²) in [5.41, 5.74) is 2.14. The maximum absolute atomic E-state index is 9.53. The van der Waals surface area contributed by atoms with Gasteiger partial charge in [-0.3, -0.25) is 4.98 Å². The van der Waals surface area contributed by atoms with Crippen molar-refractivity contribution in [2.24, 2.45) is 5.16 Å². The van der Waals surface area contributed by atoms with Gasteiger partial charge in [-0.1, -0.05) is 42.0 Å². The maximum Gasteiger partial charge on any atom is 0.0917 e. The minimum Gasteiger partial charge on any atom is -0.411 e. The van der Waals surface area contributed by atoms with E-state index >= 15 is 0 Å². The van der Waals surface area contributed by atoms with Crippen LogP contribution in [0.1, 0.15) is 31.2 Å². The average Bonchev–Trinajstić information content (AvgIpc) is 2.60. The van der Waals surface area contributed by atoms with Crippen molar-refractivity contribution < 1.29 is 5.21 Å². The molecule has 1 unspecified atom stereocenters. The van der Waals surface area contributed by atoms with Crippen LogP contribution in [0.3, 0.4) is 0 Å². The molecule has 4 nitrogen and oxygen atoms in total. The van der Waals surface area contributed by atoms with Crippen LogP contribution in [0.5, 0.6) is 0 Å². The summed E-state index contributed by atoms with van der Waals surface area (Å²) in [4.78, 5) is 5.25. The normalized spacial score (nSPS) is 23.6. The highest BCUT2D eigenvalue weighted by atomic mass is 32.1. The van der Waals surface area contributed by atoms with E-state index in [2.05, 4.69) is 21.5 Å². The Bertz CT molecular complexity index is 744. The lowest BCUT2D eigenvalue weighted by Gasteiger charge is -2.38. The molecule has 114 valence electrons. The Balaban J connectivity index is 2.21. The summed E-state index contributed by atoms with van der Waals surface area (Å²) in [7, 11) is 1.82. The van der Waals surface area contributed by atoms with Gasteiger partial charge >= 0.3 is 0 Å². The van der Waals surface area contributed by atoms with Crippen molar-refractivity contribution in [2.45, 2.75) is 31.1 Å². The zero-order chi connectivity index (χ0) is 15.6. The molecular formula is C17H19N3OS. The second-order valence-electron chi connectivity index (χ2n) is 5.65. The first-order valence-electron chi connectivity index (χ1n) is 7.51. The van der Waals surface area contributed by atoms with Crippen LogP contribution in [0, 0.1) is 0 Å². The molecule has 2 N–H and O–H groups in total. The number of likely N-dealkylation sites (N-methyl/N-ethyl adjacent to an activating group) is 1. The van der Waals surface area contributed by atoms with Gasteiger partial charge in [-0.25, -0.2) is 0 Å². The molecule has 1 fully saturated rings. The van der Waals surface area contributed by atoms with Crippen LogP contribution < -0.4 is 5.32 Å². The Morgan fingerprint density at radius 1 is 1.36 bits per heavy atom.